The number of amides is 1. The summed E-state index contributed by atoms with van der Waals surface area (Å²) in [5.41, 5.74) is 1.81. The molecule has 1 aromatic heterocycles. The number of carboxylic acid groups (broad SMARTS) is 1. The van der Waals surface area contributed by atoms with Gasteiger partial charge in [-0.25, -0.2) is 9.48 Å². The van der Waals surface area contributed by atoms with Gasteiger partial charge in [0, 0.05) is 6.54 Å². The van der Waals surface area contributed by atoms with Crippen molar-refractivity contribution in [2.75, 3.05) is 13.1 Å². The van der Waals surface area contributed by atoms with E-state index in [1.807, 2.05) is 11.6 Å². The van der Waals surface area contributed by atoms with Gasteiger partial charge in [0.1, 0.15) is 0 Å². The average molecular weight is 224 g/mol. The summed E-state index contributed by atoms with van der Waals surface area (Å²) in [5.74, 6) is 0. The van der Waals surface area contributed by atoms with Gasteiger partial charge in [-0.15, -0.1) is 5.10 Å². The zero-order valence-corrected chi connectivity index (χ0v) is 8.83. The fourth-order valence-electron chi connectivity index (χ4n) is 2.33. The fraction of sp³-hybridized carbons (Fsp3) is 0.667. The smallest absolute Gasteiger partial charge is 0.407 e. The molecule has 86 valence electrons. The van der Waals surface area contributed by atoms with E-state index in [0.29, 0.717) is 19.7 Å². The van der Waals surface area contributed by atoms with E-state index in [-0.39, 0.29) is 12.1 Å². The summed E-state index contributed by atoms with van der Waals surface area (Å²) < 4.78 is 7.45. The van der Waals surface area contributed by atoms with Gasteiger partial charge in [-0.05, 0) is 6.92 Å². The lowest BCUT2D eigenvalue weighted by Crippen LogP contribution is -2.32. The van der Waals surface area contributed by atoms with Crippen LogP contribution in [0.5, 0.6) is 0 Å². The number of hydrogen-bond donors (Lipinski definition) is 1. The van der Waals surface area contributed by atoms with Crippen molar-refractivity contribution in [2.24, 2.45) is 0 Å². The van der Waals surface area contributed by atoms with Crippen LogP contribution in [0, 0.1) is 6.92 Å². The van der Waals surface area contributed by atoms with Gasteiger partial charge in [-0.1, -0.05) is 5.21 Å². The molecule has 2 aliphatic heterocycles. The van der Waals surface area contributed by atoms with Crippen molar-refractivity contribution in [1.82, 2.24) is 19.9 Å². The zero-order chi connectivity index (χ0) is 11.3. The van der Waals surface area contributed by atoms with Crippen LogP contribution in [0.2, 0.25) is 0 Å². The summed E-state index contributed by atoms with van der Waals surface area (Å²) in [6.45, 7) is 3.19. The molecular weight excluding hydrogens is 212 g/mol. The quantitative estimate of drug-likeness (QED) is 0.672. The molecule has 2 atom stereocenters. The summed E-state index contributed by atoms with van der Waals surface area (Å²) >= 11 is 0. The van der Waals surface area contributed by atoms with E-state index < -0.39 is 6.09 Å². The lowest BCUT2D eigenvalue weighted by Gasteiger charge is -2.25. The first-order valence-electron chi connectivity index (χ1n) is 5.17. The van der Waals surface area contributed by atoms with E-state index in [2.05, 4.69) is 10.3 Å². The van der Waals surface area contributed by atoms with Gasteiger partial charge in [0.2, 0.25) is 0 Å². The van der Waals surface area contributed by atoms with Crippen LogP contribution >= 0.6 is 0 Å². The van der Waals surface area contributed by atoms with Crippen molar-refractivity contribution in [2.45, 2.75) is 25.7 Å². The highest BCUT2D eigenvalue weighted by atomic mass is 16.5. The van der Waals surface area contributed by atoms with Crippen molar-refractivity contribution >= 4 is 6.09 Å². The van der Waals surface area contributed by atoms with Crippen molar-refractivity contribution in [3.05, 3.63) is 11.4 Å². The predicted octanol–water partition coefficient (Wildman–Crippen LogP) is 0.0200. The minimum Gasteiger partial charge on any atom is -0.465 e. The van der Waals surface area contributed by atoms with Crippen LogP contribution in [0.1, 0.15) is 17.4 Å². The van der Waals surface area contributed by atoms with Gasteiger partial charge in [0.05, 0.1) is 36.7 Å². The molecule has 0 saturated carbocycles. The number of fused-ring (bicyclic) bond motifs is 3. The van der Waals surface area contributed by atoms with Crippen LogP contribution in [0.15, 0.2) is 0 Å². The number of rotatable bonds is 0. The minimum atomic E-state index is -0.906. The SMILES string of the molecule is Cc1nnn2c1COC1CN(C(=O)O)CC12. The van der Waals surface area contributed by atoms with Crippen LogP contribution in [-0.4, -0.2) is 50.3 Å². The number of carbonyl (C=O) groups is 1. The Balaban J connectivity index is 1.93. The number of likely N-dealkylation sites (tertiary alicyclic amines) is 1. The third-order valence-electron chi connectivity index (χ3n) is 3.24. The summed E-state index contributed by atoms with van der Waals surface area (Å²) in [7, 11) is 0. The molecule has 7 nitrogen and oxygen atoms in total. The Labute approximate surface area is 91.6 Å². The molecule has 1 N–H and O–H groups in total. The van der Waals surface area contributed by atoms with Crippen LogP contribution in [0.25, 0.3) is 0 Å². The Bertz CT molecular complexity index is 444. The number of ether oxygens (including phenoxy) is 1. The molecule has 3 heterocycles. The molecule has 3 rings (SSSR count). The Kier molecular flexibility index (Phi) is 1.90. The van der Waals surface area contributed by atoms with Crippen LogP contribution in [0.3, 0.4) is 0 Å². The zero-order valence-electron chi connectivity index (χ0n) is 8.83. The topological polar surface area (TPSA) is 80.5 Å². The van der Waals surface area contributed by atoms with Gasteiger partial charge in [-0.3, -0.25) is 0 Å². The van der Waals surface area contributed by atoms with E-state index in [9.17, 15) is 4.79 Å². The lowest BCUT2D eigenvalue weighted by molar-refractivity contribution is -0.00511. The number of aryl methyl sites for hydroxylation is 1. The molecular formula is C9H12N4O3. The maximum Gasteiger partial charge on any atom is 0.407 e. The molecule has 0 aromatic carbocycles. The molecule has 1 fully saturated rings. The normalized spacial score (nSPS) is 27.7. The molecule has 1 saturated heterocycles. The molecule has 0 spiro atoms. The van der Waals surface area contributed by atoms with Crippen molar-refractivity contribution in [3.8, 4) is 0 Å². The highest BCUT2D eigenvalue weighted by Crippen LogP contribution is 2.30. The van der Waals surface area contributed by atoms with E-state index in [4.69, 9.17) is 9.84 Å². The molecule has 7 heteroatoms. The number of nitrogens with zero attached hydrogens (tertiary/aromatic N) is 4. The van der Waals surface area contributed by atoms with Gasteiger partial charge in [0.25, 0.3) is 0 Å². The van der Waals surface area contributed by atoms with Crippen molar-refractivity contribution in [3.63, 3.8) is 0 Å². The van der Waals surface area contributed by atoms with Crippen molar-refractivity contribution < 1.29 is 14.6 Å². The Morgan fingerprint density at radius 1 is 1.56 bits per heavy atom. The summed E-state index contributed by atoms with van der Waals surface area (Å²) in [6, 6.07) is -0.0268. The first-order chi connectivity index (χ1) is 7.66. The van der Waals surface area contributed by atoms with Gasteiger partial charge < -0.3 is 14.7 Å². The summed E-state index contributed by atoms with van der Waals surface area (Å²) in [4.78, 5) is 12.2. The Morgan fingerprint density at radius 3 is 3.12 bits per heavy atom. The van der Waals surface area contributed by atoms with Crippen LogP contribution in [-0.2, 0) is 11.3 Å². The molecule has 0 radical (unpaired) electrons. The highest BCUT2D eigenvalue weighted by Gasteiger charge is 2.41. The maximum absolute atomic E-state index is 10.9. The van der Waals surface area contributed by atoms with Gasteiger partial charge in [0.15, 0.2) is 0 Å². The molecule has 0 bridgehead atoms. The van der Waals surface area contributed by atoms with E-state index in [0.717, 1.165) is 11.4 Å². The first kappa shape index (κ1) is 9.59. The van der Waals surface area contributed by atoms with Crippen molar-refractivity contribution in [1.29, 1.82) is 0 Å². The average Bonchev–Trinajstić information content (AvgIpc) is 2.81. The van der Waals surface area contributed by atoms with Crippen LogP contribution < -0.4 is 0 Å². The monoisotopic (exact) mass is 224 g/mol. The Hall–Kier alpha value is -1.63. The number of hydrogen-bond acceptors (Lipinski definition) is 4. The largest absolute Gasteiger partial charge is 0.465 e. The highest BCUT2D eigenvalue weighted by molar-refractivity contribution is 5.65. The Morgan fingerprint density at radius 2 is 2.38 bits per heavy atom. The third-order valence-corrected chi connectivity index (χ3v) is 3.24. The third kappa shape index (κ3) is 1.21. The van der Waals surface area contributed by atoms with Crippen LogP contribution in [0.4, 0.5) is 4.79 Å². The minimum absolute atomic E-state index is 0.0268. The summed E-state index contributed by atoms with van der Waals surface area (Å²) in [5, 5.41) is 17.0. The second kappa shape index (κ2) is 3.18. The second-order valence-electron chi connectivity index (χ2n) is 4.17. The second-order valence-corrected chi connectivity index (χ2v) is 4.17. The fourth-order valence-corrected chi connectivity index (χ4v) is 2.33. The van der Waals surface area contributed by atoms with E-state index in [1.54, 1.807) is 0 Å². The van der Waals surface area contributed by atoms with Gasteiger partial charge in [-0.2, -0.15) is 0 Å². The number of aromatic nitrogens is 3. The molecule has 2 aliphatic rings. The molecule has 0 aliphatic carbocycles. The van der Waals surface area contributed by atoms with E-state index in [1.165, 1.54) is 4.90 Å². The molecule has 16 heavy (non-hydrogen) atoms. The van der Waals surface area contributed by atoms with Gasteiger partial charge >= 0.3 is 6.09 Å². The standard InChI is InChI=1S/C9H12N4O3/c1-5-7-4-16-8-3-12(9(14)15)2-6(8)13(7)11-10-5/h6,8H,2-4H2,1H3,(H,14,15). The molecule has 1 aromatic rings. The predicted molar refractivity (Wildman–Crippen MR) is 52.0 cm³/mol. The molecule has 1 amide bonds. The molecule has 2 unspecified atom stereocenters. The maximum atomic E-state index is 10.9. The lowest BCUT2D eigenvalue weighted by atomic mass is 10.1. The summed E-state index contributed by atoms with van der Waals surface area (Å²) in [6.07, 6.45) is -0.999. The van der Waals surface area contributed by atoms with E-state index >= 15 is 0 Å². The first-order valence-corrected chi connectivity index (χ1v) is 5.17.